The van der Waals surface area contributed by atoms with Crippen LogP contribution in [-0.2, 0) is 6.42 Å². The number of halogens is 1. The molecule has 0 aliphatic rings. The van der Waals surface area contributed by atoms with Crippen LogP contribution in [-0.4, -0.2) is 12.4 Å². The van der Waals surface area contributed by atoms with Crippen LogP contribution in [0, 0.1) is 5.82 Å². The Bertz CT molecular complexity index is 593. The standard InChI is InChI=1S/C18H19FO2/c1-14(20)16-10-11-18(17(19)13-16)21-12-6-5-9-15-7-3-2-4-8-15/h2-4,7-8,10-11,13H,5-6,9,12H2,1H3. The van der Waals surface area contributed by atoms with Crippen LogP contribution in [0.4, 0.5) is 4.39 Å². The van der Waals surface area contributed by atoms with Gasteiger partial charge in [0.05, 0.1) is 6.61 Å². The number of hydrogen-bond acceptors (Lipinski definition) is 2. The Morgan fingerprint density at radius 1 is 1.10 bits per heavy atom. The normalized spacial score (nSPS) is 10.4. The molecule has 0 N–H and O–H groups in total. The number of ether oxygens (including phenoxy) is 1. The van der Waals surface area contributed by atoms with E-state index in [9.17, 15) is 9.18 Å². The van der Waals surface area contributed by atoms with E-state index in [1.165, 1.54) is 24.6 Å². The van der Waals surface area contributed by atoms with Gasteiger partial charge in [0.1, 0.15) is 0 Å². The summed E-state index contributed by atoms with van der Waals surface area (Å²) in [5, 5.41) is 0. The van der Waals surface area contributed by atoms with Gasteiger partial charge >= 0.3 is 0 Å². The minimum Gasteiger partial charge on any atom is -0.491 e. The summed E-state index contributed by atoms with van der Waals surface area (Å²) in [6, 6.07) is 14.6. The minimum atomic E-state index is -0.481. The molecule has 0 aromatic heterocycles. The molecule has 0 atom stereocenters. The van der Waals surface area contributed by atoms with Gasteiger partial charge in [-0.3, -0.25) is 4.79 Å². The van der Waals surface area contributed by atoms with Crippen molar-refractivity contribution < 1.29 is 13.9 Å². The first-order chi connectivity index (χ1) is 10.2. The highest BCUT2D eigenvalue weighted by atomic mass is 19.1. The predicted molar refractivity (Wildman–Crippen MR) is 81.3 cm³/mol. The van der Waals surface area contributed by atoms with E-state index < -0.39 is 5.82 Å². The topological polar surface area (TPSA) is 26.3 Å². The van der Waals surface area contributed by atoms with Gasteiger partial charge < -0.3 is 4.74 Å². The van der Waals surface area contributed by atoms with Crippen LogP contribution in [0.15, 0.2) is 48.5 Å². The van der Waals surface area contributed by atoms with Crippen LogP contribution in [0.25, 0.3) is 0 Å². The summed E-state index contributed by atoms with van der Waals surface area (Å²) in [6.07, 6.45) is 2.86. The fraction of sp³-hybridized carbons (Fsp3) is 0.278. The van der Waals surface area contributed by atoms with E-state index in [1.807, 2.05) is 18.2 Å². The van der Waals surface area contributed by atoms with Crippen molar-refractivity contribution in [3.8, 4) is 5.75 Å². The van der Waals surface area contributed by atoms with Gasteiger partial charge in [0, 0.05) is 5.56 Å². The molecule has 0 saturated heterocycles. The molecular weight excluding hydrogens is 267 g/mol. The minimum absolute atomic E-state index is 0.150. The van der Waals surface area contributed by atoms with E-state index >= 15 is 0 Å². The van der Waals surface area contributed by atoms with E-state index in [-0.39, 0.29) is 11.5 Å². The molecule has 0 unspecified atom stereocenters. The third-order valence-electron chi connectivity index (χ3n) is 3.30. The van der Waals surface area contributed by atoms with Gasteiger partial charge in [-0.05, 0) is 49.9 Å². The highest BCUT2D eigenvalue weighted by Gasteiger charge is 2.07. The summed E-state index contributed by atoms with van der Waals surface area (Å²) in [6.45, 7) is 1.89. The largest absolute Gasteiger partial charge is 0.491 e. The molecular formula is C18H19FO2. The van der Waals surface area contributed by atoms with Gasteiger partial charge in [-0.25, -0.2) is 4.39 Å². The van der Waals surface area contributed by atoms with Crippen molar-refractivity contribution in [1.29, 1.82) is 0 Å². The number of rotatable bonds is 7. The quantitative estimate of drug-likeness (QED) is 0.556. The van der Waals surface area contributed by atoms with E-state index in [2.05, 4.69) is 12.1 Å². The second-order valence-corrected chi connectivity index (χ2v) is 4.99. The van der Waals surface area contributed by atoms with E-state index in [1.54, 1.807) is 6.07 Å². The average molecular weight is 286 g/mol. The molecule has 0 amide bonds. The second-order valence-electron chi connectivity index (χ2n) is 4.99. The molecule has 21 heavy (non-hydrogen) atoms. The lowest BCUT2D eigenvalue weighted by molar-refractivity contribution is 0.101. The summed E-state index contributed by atoms with van der Waals surface area (Å²) in [5.41, 5.74) is 1.67. The molecule has 0 aliphatic carbocycles. The Balaban J connectivity index is 1.75. The molecule has 0 bridgehead atoms. The molecule has 0 aliphatic heterocycles. The van der Waals surface area contributed by atoms with Gasteiger partial charge in [0.25, 0.3) is 0 Å². The Morgan fingerprint density at radius 2 is 1.86 bits per heavy atom. The van der Waals surface area contributed by atoms with Crippen LogP contribution < -0.4 is 4.74 Å². The Hall–Kier alpha value is -2.16. The van der Waals surface area contributed by atoms with Crippen molar-refractivity contribution in [2.24, 2.45) is 0 Å². The SMILES string of the molecule is CC(=O)c1ccc(OCCCCc2ccccc2)c(F)c1. The van der Waals surface area contributed by atoms with Crippen LogP contribution in [0.5, 0.6) is 5.75 Å². The van der Waals surface area contributed by atoms with Gasteiger partial charge in [-0.15, -0.1) is 0 Å². The van der Waals surface area contributed by atoms with Crippen molar-refractivity contribution in [1.82, 2.24) is 0 Å². The number of aryl methyl sites for hydroxylation is 1. The van der Waals surface area contributed by atoms with Crippen LogP contribution in [0.1, 0.15) is 35.7 Å². The molecule has 2 aromatic rings. The number of carbonyl (C=O) groups excluding carboxylic acids is 1. The zero-order chi connectivity index (χ0) is 15.1. The lowest BCUT2D eigenvalue weighted by atomic mass is 10.1. The van der Waals surface area contributed by atoms with Crippen molar-refractivity contribution in [2.75, 3.05) is 6.61 Å². The summed E-state index contributed by atoms with van der Waals surface area (Å²) in [7, 11) is 0. The van der Waals surface area contributed by atoms with Crippen LogP contribution in [0.3, 0.4) is 0 Å². The van der Waals surface area contributed by atoms with Crippen LogP contribution >= 0.6 is 0 Å². The van der Waals surface area contributed by atoms with Crippen LogP contribution in [0.2, 0.25) is 0 Å². The van der Waals surface area contributed by atoms with Crippen molar-refractivity contribution in [2.45, 2.75) is 26.2 Å². The number of benzene rings is 2. The maximum atomic E-state index is 13.7. The number of Topliss-reactive ketones (excluding diaryl/α,β-unsaturated/α-hetero) is 1. The number of carbonyl (C=O) groups is 1. The fourth-order valence-corrected chi connectivity index (χ4v) is 2.09. The Labute approximate surface area is 124 Å². The summed E-state index contributed by atoms with van der Waals surface area (Å²) in [5.74, 6) is -0.422. The third kappa shape index (κ3) is 4.71. The van der Waals surface area contributed by atoms with E-state index in [0.29, 0.717) is 12.2 Å². The highest BCUT2D eigenvalue weighted by Crippen LogP contribution is 2.19. The van der Waals surface area contributed by atoms with Gasteiger partial charge in [-0.1, -0.05) is 30.3 Å². The predicted octanol–water partition coefficient (Wildman–Crippen LogP) is 4.43. The van der Waals surface area contributed by atoms with Gasteiger partial charge in [-0.2, -0.15) is 0 Å². The average Bonchev–Trinajstić information content (AvgIpc) is 2.49. The monoisotopic (exact) mass is 286 g/mol. The zero-order valence-electron chi connectivity index (χ0n) is 12.1. The third-order valence-corrected chi connectivity index (χ3v) is 3.30. The summed E-state index contributed by atoms with van der Waals surface area (Å²) in [4.78, 5) is 11.1. The summed E-state index contributed by atoms with van der Waals surface area (Å²) < 4.78 is 19.1. The molecule has 0 spiro atoms. The van der Waals surface area contributed by atoms with Gasteiger partial charge in [0.2, 0.25) is 0 Å². The lowest BCUT2D eigenvalue weighted by Gasteiger charge is -2.08. The van der Waals surface area contributed by atoms with E-state index in [4.69, 9.17) is 4.74 Å². The first-order valence-corrected chi connectivity index (χ1v) is 7.14. The van der Waals surface area contributed by atoms with Crippen molar-refractivity contribution in [3.05, 3.63) is 65.5 Å². The van der Waals surface area contributed by atoms with Crippen molar-refractivity contribution >= 4 is 5.78 Å². The zero-order valence-corrected chi connectivity index (χ0v) is 12.1. The molecule has 2 aromatic carbocycles. The van der Waals surface area contributed by atoms with Gasteiger partial charge in [0.15, 0.2) is 17.3 Å². The first kappa shape index (κ1) is 15.2. The fourth-order valence-electron chi connectivity index (χ4n) is 2.09. The number of ketones is 1. The maximum Gasteiger partial charge on any atom is 0.165 e. The molecule has 0 saturated carbocycles. The molecule has 2 rings (SSSR count). The lowest BCUT2D eigenvalue weighted by Crippen LogP contribution is -2.01. The molecule has 0 fully saturated rings. The maximum absolute atomic E-state index is 13.7. The van der Waals surface area contributed by atoms with E-state index in [0.717, 1.165) is 19.3 Å². The molecule has 0 radical (unpaired) electrons. The number of hydrogen-bond donors (Lipinski definition) is 0. The second kappa shape index (κ2) is 7.58. The number of unbranched alkanes of at least 4 members (excludes halogenated alkanes) is 1. The molecule has 0 heterocycles. The first-order valence-electron chi connectivity index (χ1n) is 7.14. The highest BCUT2D eigenvalue weighted by molar-refractivity contribution is 5.94. The molecule has 110 valence electrons. The Morgan fingerprint density at radius 3 is 2.52 bits per heavy atom. The molecule has 3 heteroatoms. The molecule has 2 nitrogen and oxygen atoms in total. The Kier molecular flexibility index (Phi) is 5.50. The summed E-state index contributed by atoms with van der Waals surface area (Å²) >= 11 is 0. The van der Waals surface area contributed by atoms with Crippen molar-refractivity contribution in [3.63, 3.8) is 0 Å². The smallest absolute Gasteiger partial charge is 0.165 e.